The molecule has 0 saturated heterocycles. The van der Waals surface area contributed by atoms with Gasteiger partial charge in [0, 0.05) is 31.6 Å². The Morgan fingerprint density at radius 2 is 1.54 bits per heavy atom. The van der Waals surface area contributed by atoms with Crippen LogP contribution in [0.1, 0.15) is 31.2 Å². The predicted molar refractivity (Wildman–Crippen MR) is 138 cm³/mol. The summed E-state index contributed by atoms with van der Waals surface area (Å²) in [5.41, 5.74) is 5.28. The maximum atomic E-state index is 13.3. The highest BCUT2D eigenvalue weighted by molar-refractivity contribution is 7.89. The van der Waals surface area contributed by atoms with Crippen molar-refractivity contribution in [3.8, 4) is 0 Å². The Balaban J connectivity index is 1.30. The molecule has 37 heavy (non-hydrogen) atoms. The van der Waals surface area contributed by atoms with Crippen molar-refractivity contribution < 1.29 is 21.6 Å². The van der Waals surface area contributed by atoms with Crippen LogP contribution in [0.2, 0.25) is 0 Å². The fourth-order valence-electron chi connectivity index (χ4n) is 4.60. The molecule has 1 saturated carbocycles. The summed E-state index contributed by atoms with van der Waals surface area (Å²) >= 11 is 0. The van der Waals surface area contributed by atoms with Crippen LogP contribution >= 0.6 is 0 Å². The second-order valence-electron chi connectivity index (χ2n) is 9.24. The minimum absolute atomic E-state index is 0.0630. The number of hydrogen-bond donors (Lipinski definition) is 4. The van der Waals surface area contributed by atoms with Gasteiger partial charge in [-0.2, -0.15) is 18.2 Å². The Labute approximate surface area is 214 Å². The maximum absolute atomic E-state index is 13.3. The number of nitrogens with zero attached hydrogens (tertiary/aromatic N) is 2. The number of para-hydroxylation sites is 1. The Hall–Kier alpha value is -2.96. The number of sulfonamides is 1. The zero-order valence-corrected chi connectivity index (χ0v) is 21.1. The van der Waals surface area contributed by atoms with E-state index in [-0.39, 0.29) is 12.5 Å². The van der Waals surface area contributed by atoms with Gasteiger partial charge >= 0.3 is 6.18 Å². The van der Waals surface area contributed by atoms with Gasteiger partial charge in [0.25, 0.3) is 0 Å². The molecule has 0 unspecified atom stereocenters. The number of fused-ring (bicyclic) bond motifs is 1. The van der Waals surface area contributed by atoms with Gasteiger partial charge in [-0.25, -0.2) is 18.1 Å². The van der Waals surface area contributed by atoms with E-state index in [0.717, 1.165) is 54.5 Å². The number of hydrogen-bond acceptors (Lipinski definition) is 7. The van der Waals surface area contributed by atoms with Crippen LogP contribution in [0.15, 0.2) is 53.4 Å². The average Bonchev–Trinajstić information content (AvgIpc) is 2.89. The molecule has 2 aromatic carbocycles. The van der Waals surface area contributed by atoms with Crippen LogP contribution in [0.25, 0.3) is 10.9 Å². The highest BCUT2D eigenvalue weighted by Gasteiger charge is 2.37. The molecule has 0 amide bonds. The molecule has 0 atom stereocenters. The van der Waals surface area contributed by atoms with E-state index in [1.165, 1.54) is 12.1 Å². The number of alkyl halides is 3. The number of benzene rings is 2. The lowest BCUT2D eigenvalue weighted by molar-refractivity contribution is -0.139. The number of nitrogens with one attached hydrogen (secondary N) is 3. The Kier molecular flexibility index (Phi) is 8.50. The fraction of sp³-hybridized carbons (Fsp3) is 0.440. The molecular weight excluding hydrogens is 505 g/mol. The topological polar surface area (TPSA) is 122 Å². The molecule has 0 bridgehead atoms. The average molecular weight is 537 g/mol. The monoisotopic (exact) mass is 536 g/mol. The smallest absolute Gasteiger partial charge is 0.368 e. The number of nitrogens with two attached hydrogens (primary N) is 1. The quantitative estimate of drug-likeness (QED) is 0.306. The zero-order chi connectivity index (χ0) is 26.5. The third-order valence-corrected chi connectivity index (χ3v) is 8.08. The summed E-state index contributed by atoms with van der Waals surface area (Å²) in [6.07, 6.45) is -1.46. The van der Waals surface area contributed by atoms with Gasteiger partial charge in [0.05, 0.1) is 16.0 Å². The highest BCUT2D eigenvalue weighted by atomic mass is 32.2. The van der Waals surface area contributed by atoms with Crippen LogP contribution in [0.5, 0.6) is 0 Å². The number of aromatic nitrogens is 2. The third kappa shape index (κ3) is 6.88. The summed E-state index contributed by atoms with van der Waals surface area (Å²) in [6, 6.07) is 12.0. The third-order valence-electron chi connectivity index (χ3n) is 6.60. The van der Waals surface area contributed by atoms with Crippen molar-refractivity contribution in [3.63, 3.8) is 0 Å². The van der Waals surface area contributed by atoms with E-state index >= 15 is 0 Å². The molecule has 4 rings (SSSR count). The van der Waals surface area contributed by atoms with Crippen LogP contribution in [-0.4, -0.2) is 44.6 Å². The lowest BCUT2D eigenvalue weighted by Gasteiger charge is -2.29. The van der Waals surface area contributed by atoms with Gasteiger partial charge in [-0.05, 0) is 61.8 Å². The van der Waals surface area contributed by atoms with Gasteiger partial charge in [0.15, 0.2) is 0 Å². The molecule has 1 aliphatic rings. The molecule has 1 aliphatic carbocycles. The van der Waals surface area contributed by atoms with Crippen molar-refractivity contribution in [2.75, 3.05) is 36.8 Å². The van der Waals surface area contributed by atoms with Gasteiger partial charge < -0.3 is 16.4 Å². The largest absolute Gasteiger partial charge is 0.417 e. The van der Waals surface area contributed by atoms with Crippen LogP contribution in [-0.2, 0) is 16.2 Å². The van der Waals surface area contributed by atoms with E-state index < -0.39 is 26.7 Å². The summed E-state index contributed by atoms with van der Waals surface area (Å²) in [4.78, 5) is 8.46. The molecule has 1 fully saturated rings. The number of halogens is 3. The van der Waals surface area contributed by atoms with Crippen molar-refractivity contribution >= 4 is 32.7 Å². The van der Waals surface area contributed by atoms with Crippen molar-refractivity contribution in [2.45, 2.75) is 36.8 Å². The van der Waals surface area contributed by atoms with Gasteiger partial charge in [0.2, 0.25) is 16.0 Å². The SMILES string of the molecule is NCCNc1nc(NCC2CCC(CNS(=O)(=O)c3ccccc3C(F)(F)F)CC2)nc2ccccc12. The first-order chi connectivity index (χ1) is 17.7. The molecule has 0 spiro atoms. The molecule has 0 aliphatic heterocycles. The Morgan fingerprint density at radius 1 is 0.892 bits per heavy atom. The number of rotatable bonds is 10. The molecule has 12 heteroatoms. The van der Waals surface area contributed by atoms with E-state index in [2.05, 4.69) is 25.3 Å². The summed E-state index contributed by atoms with van der Waals surface area (Å²) in [5.74, 6) is 1.67. The summed E-state index contributed by atoms with van der Waals surface area (Å²) < 4.78 is 67.4. The van der Waals surface area contributed by atoms with Gasteiger partial charge in [-0.15, -0.1) is 0 Å². The van der Waals surface area contributed by atoms with Crippen LogP contribution < -0.4 is 21.1 Å². The molecule has 1 aromatic heterocycles. The molecule has 5 N–H and O–H groups in total. The molecule has 8 nitrogen and oxygen atoms in total. The van der Waals surface area contributed by atoms with E-state index in [1.807, 2.05) is 24.3 Å². The molecule has 200 valence electrons. The van der Waals surface area contributed by atoms with Crippen molar-refractivity contribution in [1.82, 2.24) is 14.7 Å². The van der Waals surface area contributed by atoms with Gasteiger partial charge in [-0.3, -0.25) is 0 Å². The molecule has 1 heterocycles. The highest BCUT2D eigenvalue weighted by Crippen LogP contribution is 2.34. The van der Waals surface area contributed by atoms with Crippen molar-refractivity contribution in [3.05, 3.63) is 54.1 Å². The normalized spacial score (nSPS) is 18.6. The van der Waals surface area contributed by atoms with Gasteiger partial charge in [-0.1, -0.05) is 24.3 Å². The molecular formula is C25H31F3N6O2S. The first-order valence-corrected chi connectivity index (χ1v) is 13.8. The Bertz CT molecular complexity index is 1310. The molecule has 3 aromatic rings. The first kappa shape index (κ1) is 27.1. The van der Waals surface area contributed by atoms with E-state index in [1.54, 1.807) is 0 Å². The lowest BCUT2D eigenvalue weighted by atomic mass is 9.82. The fourth-order valence-corrected chi connectivity index (χ4v) is 5.94. The molecule has 0 radical (unpaired) electrons. The summed E-state index contributed by atoms with van der Waals surface area (Å²) in [6.45, 7) is 1.86. The minimum Gasteiger partial charge on any atom is -0.368 e. The van der Waals surface area contributed by atoms with E-state index in [9.17, 15) is 21.6 Å². The van der Waals surface area contributed by atoms with Crippen LogP contribution in [0.3, 0.4) is 0 Å². The van der Waals surface area contributed by atoms with Crippen molar-refractivity contribution in [1.29, 1.82) is 0 Å². The van der Waals surface area contributed by atoms with Crippen LogP contribution in [0, 0.1) is 11.8 Å². The number of anilines is 2. The lowest BCUT2D eigenvalue weighted by Crippen LogP contribution is -2.33. The summed E-state index contributed by atoms with van der Waals surface area (Å²) in [5, 5.41) is 7.48. The van der Waals surface area contributed by atoms with Crippen LogP contribution in [0.4, 0.5) is 24.9 Å². The predicted octanol–water partition coefficient (Wildman–Crippen LogP) is 4.22. The first-order valence-electron chi connectivity index (χ1n) is 12.3. The summed E-state index contributed by atoms with van der Waals surface area (Å²) in [7, 11) is -4.27. The van der Waals surface area contributed by atoms with E-state index in [4.69, 9.17) is 5.73 Å². The maximum Gasteiger partial charge on any atom is 0.417 e. The minimum atomic E-state index is -4.74. The van der Waals surface area contributed by atoms with E-state index in [0.29, 0.717) is 31.5 Å². The standard InChI is InChI=1S/C25H31F3N6O2S/c26-25(27,28)20-6-2-4-8-22(20)37(35,36)32-16-18-11-9-17(10-12-18)15-31-24-33-21-7-3-1-5-19(21)23(34-24)30-14-13-29/h1-8,17-18,32H,9-16,29H2,(H2,30,31,33,34). The van der Waals surface area contributed by atoms with Gasteiger partial charge in [0.1, 0.15) is 5.82 Å². The van der Waals surface area contributed by atoms with Crippen molar-refractivity contribution in [2.24, 2.45) is 17.6 Å². The zero-order valence-electron chi connectivity index (χ0n) is 20.3. The Morgan fingerprint density at radius 3 is 2.24 bits per heavy atom. The second-order valence-corrected chi connectivity index (χ2v) is 11.0. The second kappa shape index (κ2) is 11.6.